The normalized spacial score (nSPS) is 10.8. The number of carbonyl (C=O) groups is 1. The summed E-state index contributed by atoms with van der Waals surface area (Å²) in [5.74, 6) is -1.08. The number of nitrogens with zero attached hydrogens (tertiary/aromatic N) is 4. The Balaban J connectivity index is 1.78. The summed E-state index contributed by atoms with van der Waals surface area (Å²) < 4.78 is 1.41. The van der Waals surface area contributed by atoms with Crippen LogP contribution in [0.4, 0.5) is 11.6 Å². The molecule has 1 amide bonds. The molecule has 0 radical (unpaired) electrons. The third kappa shape index (κ3) is 4.24. The molecule has 0 atom stereocenters. The van der Waals surface area contributed by atoms with Crippen molar-refractivity contribution in [3.8, 4) is 0 Å². The molecule has 0 saturated heterocycles. The van der Waals surface area contributed by atoms with E-state index in [9.17, 15) is 14.9 Å². The number of hydrogen-bond acceptors (Lipinski definition) is 5. The summed E-state index contributed by atoms with van der Waals surface area (Å²) in [5.41, 5.74) is 0.553. The van der Waals surface area contributed by atoms with E-state index in [1.54, 1.807) is 18.2 Å². The van der Waals surface area contributed by atoms with Crippen LogP contribution in [0.15, 0.2) is 28.9 Å². The highest BCUT2D eigenvalue weighted by Gasteiger charge is 2.25. The molecule has 3 rings (SSSR count). The Kier molecular flexibility index (Phi) is 5.70. The van der Waals surface area contributed by atoms with Gasteiger partial charge in [0.2, 0.25) is 0 Å². The van der Waals surface area contributed by atoms with Crippen LogP contribution in [0.25, 0.3) is 0 Å². The topological polar surface area (TPSA) is 119 Å². The quantitative estimate of drug-likeness (QED) is 0.399. The zero-order chi connectivity index (χ0) is 19.7. The number of amides is 1. The van der Waals surface area contributed by atoms with E-state index in [-0.39, 0.29) is 21.0 Å². The fourth-order valence-corrected chi connectivity index (χ4v) is 3.31. The average molecular weight is 495 g/mol. The molecule has 3 aromatic rings. The minimum absolute atomic E-state index is 0.0734. The van der Waals surface area contributed by atoms with Crippen LogP contribution >= 0.6 is 50.7 Å². The monoisotopic (exact) mass is 492 g/mol. The van der Waals surface area contributed by atoms with Crippen molar-refractivity contribution >= 4 is 68.3 Å². The average Bonchev–Trinajstić information content (AvgIpc) is 3.13. The van der Waals surface area contributed by atoms with Crippen LogP contribution in [-0.4, -0.2) is 30.8 Å². The van der Waals surface area contributed by atoms with Gasteiger partial charge in [0.05, 0.1) is 6.54 Å². The number of carbonyl (C=O) groups excluding carboxylic acids is 1. The summed E-state index contributed by atoms with van der Waals surface area (Å²) in [6.07, 6.45) is 1.50. The van der Waals surface area contributed by atoms with E-state index in [0.29, 0.717) is 16.6 Å². The molecule has 2 heterocycles. The van der Waals surface area contributed by atoms with Crippen molar-refractivity contribution in [2.75, 3.05) is 5.32 Å². The van der Waals surface area contributed by atoms with Gasteiger partial charge in [-0.25, -0.2) is 0 Å². The Morgan fingerprint density at radius 3 is 2.70 bits per heavy atom. The van der Waals surface area contributed by atoms with Gasteiger partial charge >= 0.3 is 5.82 Å². The lowest BCUT2D eigenvalue weighted by Crippen LogP contribution is -2.14. The van der Waals surface area contributed by atoms with Crippen LogP contribution in [0.2, 0.25) is 15.1 Å². The van der Waals surface area contributed by atoms with Crippen LogP contribution in [0.1, 0.15) is 16.1 Å². The number of hydrogen-bond donors (Lipinski definition) is 2. The Labute approximate surface area is 174 Å². The maximum Gasteiger partial charge on any atom is 0.357 e. The standard InChI is InChI=1S/C14H8BrCl3N6O3/c15-10-11(20-21-13(10)24(26)27)14(25)19-12-9(18)5-23(22-12)4-6-1-2-7(16)3-8(6)17/h1-3,5H,4H2,(H,20,21)(H,19,22,25). The first-order valence-corrected chi connectivity index (χ1v) is 9.05. The third-order valence-electron chi connectivity index (χ3n) is 3.38. The fraction of sp³-hybridized carbons (Fsp3) is 0.0714. The molecule has 27 heavy (non-hydrogen) atoms. The molecule has 0 fully saturated rings. The molecule has 9 nitrogen and oxygen atoms in total. The Bertz CT molecular complexity index is 1050. The second kappa shape index (κ2) is 7.85. The van der Waals surface area contributed by atoms with Crippen molar-refractivity contribution in [3.63, 3.8) is 0 Å². The summed E-state index contributed by atoms with van der Waals surface area (Å²) in [6.45, 7) is 0.295. The van der Waals surface area contributed by atoms with Crippen molar-refractivity contribution < 1.29 is 9.72 Å². The number of anilines is 1. The van der Waals surface area contributed by atoms with E-state index in [4.69, 9.17) is 34.8 Å². The number of nitrogens with one attached hydrogen (secondary N) is 2. The molecule has 0 unspecified atom stereocenters. The number of nitro groups is 1. The highest BCUT2D eigenvalue weighted by molar-refractivity contribution is 9.10. The smallest absolute Gasteiger partial charge is 0.357 e. The Hall–Kier alpha value is -2.14. The highest BCUT2D eigenvalue weighted by atomic mass is 79.9. The minimum atomic E-state index is -0.720. The summed E-state index contributed by atoms with van der Waals surface area (Å²) in [5, 5.41) is 24.4. The summed E-state index contributed by atoms with van der Waals surface area (Å²) in [6, 6.07) is 5.05. The number of halogens is 4. The number of aromatic amines is 1. The Morgan fingerprint density at radius 1 is 1.33 bits per heavy atom. The molecule has 2 N–H and O–H groups in total. The lowest BCUT2D eigenvalue weighted by molar-refractivity contribution is -0.390. The maximum absolute atomic E-state index is 12.3. The lowest BCUT2D eigenvalue weighted by Gasteiger charge is -2.05. The number of aromatic nitrogens is 4. The van der Waals surface area contributed by atoms with Crippen LogP contribution in [0.3, 0.4) is 0 Å². The zero-order valence-electron chi connectivity index (χ0n) is 13.0. The predicted molar refractivity (Wildman–Crippen MR) is 104 cm³/mol. The van der Waals surface area contributed by atoms with E-state index in [1.807, 2.05) is 0 Å². The highest BCUT2D eigenvalue weighted by Crippen LogP contribution is 2.28. The predicted octanol–water partition coefficient (Wildman–Crippen LogP) is 4.54. The second-order valence-corrected chi connectivity index (χ2v) is 7.25. The van der Waals surface area contributed by atoms with Gasteiger partial charge in [-0.15, -0.1) is 5.10 Å². The molecule has 0 spiro atoms. The summed E-state index contributed by atoms with van der Waals surface area (Å²) >= 11 is 21.1. The zero-order valence-corrected chi connectivity index (χ0v) is 16.9. The molecule has 0 aliphatic carbocycles. The van der Waals surface area contributed by atoms with Gasteiger partial charge in [0, 0.05) is 16.2 Å². The molecule has 0 aliphatic rings. The Morgan fingerprint density at radius 2 is 2.07 bits per heavy atom. The van der Waals surface area contributed by atoms with Crippen LogP contribution in [0, 0.1) is 10.1 Å². The van der Waals surface area contributed by atoms with Crippen molar-refractivity contribution in [3.05, 3.63) is 65.3 Å². The lowest BCUT2D eigenvalue weighted by atomic mass is 10.2. The van der Waals surface area contributed by atoms with Crippen LogP contribution < -0.4 is 5.32 Å². The van der Waals surface area contributed by atoms with Gasteiger partial charge in [-0.2, -0.15) is 5.10 Å². The van der Waals surface area contributed by atoms with Crippen molar-refractivity contribution in [2.24, 2.45) is 0 Å². The number of rotatable bonds is 5. The van der Waals surface area contributed by atoms with Gasteiger partial charge in [0.1, 0.15) is 9.50 Å². The van der Waals surface area contributed by atoms with Crippen LogP contribution in [0.5, 0.6) is 0 Å². The molecular formula is C14H8BrCl3N6O3. The molecule has 0 bridgehead atoms. The van der Waals surface area contributed by atoms with Gasteiger partial charge in [-0.05, 0) is 38.5 Å². The van der Waals surface area contributed by atoms with Gasteiger partial charge in [-0.3, -0.25) is 9.48 Å². The van der Waals surface area contributed by atoms with E-state index < -0.39 is 16.6 Å². The van der Waals surface area contributed by atoms with E-state index in [0.717, 1.165) is 5.56 Å². The molecular weight excluding hydrogens is 486 g/mol. The third-order valence-corrected chi connectivity index (χ3v) is 5.00. The first-order chi connectivity index (χ1) is 12.8. The van der Waals surface area contributed by atoms with Crippen LogP contribution in [-0.2, 0) is 6.54 Å². The van der Waals surface area contributed by atoms with E-state index in [2.05, 4.69) is 36.5 Å². The molecule has 2 aromatic heterocycles. The molecule has 0 saturated carbocycles. The first kappa shape index (κ1) is 19.6. The molecule has 13 heteroatoms. The summed E-state index contributed by atoms with van der Waals surface area (Å²) in [4.78, 5) is 22.4. The SMILES string of the molecule is O=C(Nc1nn(Cc2ccc(Cl)cc2Cl)cc1Cl)c1n[nH]c([N+](=O)[O-])c1Br. The molecule has 0 aliphatic heterocycles. The largest absolute Gasteiger partial charge is 0.358 e. The number of H-pyrrole nitrogens is 1. The van der Waals surface area contributed by atoms with Crippen molar-refractivity contribution in [2.45, 2.75) is 6.54 Å². The van der Waals surface area contributed by atoms with Gasteiger partial charge in [-0.1, -0.05) is 46.0 Å². The maximum atomic E-state index is 12.3. The molecule has 1 aromatic carbocycles. The van der Waals surface area contributed by atoms with Gasteiger partial charge in [0.25, 0.3) is 5.91 Å². The van der Waals surface area contributed by atoms with Gasteiger partial charge in [0.15, 0.2) is 11.5 Å². The van der Waals surface area contributed by atoms with E-state index >= 15 is 0 Å². The van der Waals surface area contributed by atoms with Crippen molar-refractivity contribution in [1.29, 1.82) is 0 Å². The molecule has 140 valence electrons. The summed E-state index contributed by atoms with van der Waals surface area (Å²) in [7, 11) is 0. The van der Waals surface area contributed by atoms with Gasteiger partial charge < -0.3 is 15.4 Å². The minimum Gasteiger partial charge on any atom is -0.358 e. The second-order valence-electron chi connectivity index (χ2n) is 5.20. The number of benzene rings is 1. The fourth-order valence-electron chi connectivity index (χ4n) is 2.14. The van der Waals surface area contributed by atoms with Crippen molar-refractivity contribution in [1.82, 2.24) is 20.0 Å². The van der Waals surface area contributed by atoms with E-state index in [1.165, 1.54) is 10.9 Å². The first-order valence-electron chi connectivity index (χ1n) is 7.12.